The summed E-state index contributed by atoms with van der Waals surface area (Å²) in [5.74, 6) is 7.55. The molecule has 0 aromatic carbocycles. The lowest BCUT2D eigenvalue weighted by Crippen LogP contribution is -2.07. The van der Waals surface area contributed by atoms with Crippen molar-refractivity contribution in [3.05, 3.63) is 6.33 Å². The van der Waals surface area contributed by atoms with Gasteiger partial charge in [-0.3, -0.25) is 0 Å². The maximum Gasteiger partial charge on any atom is 0.209 e. The summed E-state index contributed by atoms with van der Waals surface area (Å²) in [4.78, 5) is 0. The third-order valence-electron chi connectivity index (χ3n) is 1.69. The van der Waals surface area contributed by atoms with Gasteiger partial charge in [-0.25, -0.2) is 4.68 Å². The van der Waals surface area contributed by atoms with E-state index in [1.165, 1.54) is 23.8 Å². The Morgan fingerprint density at radius 2 is 2.55 bits per heavy atom. The summed E-state index contributed by atoms with van der Waals surface area (Å²) >= 11 is 1.69. The van der Waals surface area contributed by atoms with Crippen LogP contribution in [0, 0.1) is 5.92 Å². The molecule has 2 N–H and O–H groups in total. The van der Waals surface area contributed by atoms with Crippen molar-refractivity contribution in [3.63, 3.8) is 0 Å². The van der Waals surface area contributed by atoms with E-state index in [9.17, 15) is 0 Å². The van der Waals surface area contributed by atoms with Gasteiger partial charge < -0.3 is 5.84 Å². The standard InChI is InChI=1S/C6H10N4S/c7-10-4-8-9-6(10)11-3-5-1-2-5/h4-5H,1-3,7H2. The molecule has 1 saturated carbocycles. The molecule has 11 heavy (non-hydrogen) atoms. The van der Waals surface area contributed by atoms with E-state index in [2.05, 4.69) is 10.2 Å². The molecule has 1 fully saturated rings. The number of hydrogen-bond donors (Lipinski definition) is 1. The summed E-state index contributed by atoms with van der Waals surface area (Å²) in [7, 11) is 0. The van der Waals surface area contributed by atoms with Gasteiger partial charge >= 0.3 is 0 Å². The third-order valence-corrected chi connectivity index (χ3v) is 2.87. The molecular weight excluding hydrogens is 160 g/mol. The summed E-state index contributed by atoms with van der Waals surface area (Å²) < 4.78 is 1.47. The first-order valence-corrected chi connectivity index (χ1v) is 4.62. The van der Waals surface area contributed by atoms with Crippen molar-refractivity contribution in [2.75, 3.05) is 11.6 Å². The van der Waals surface area contributed by atoms with Crippen molar-refractivity contribution in [1.29, 1.82) is 0 Å². The molecule has 0 unspecified atom stereocenters. The van der Waals surface area contributed by atoms with Gasteiger partial charge in [0, 0.05) is 5.75 Å². The molecule has 1 aliphatic rings. The van der Waals surface area contributed by atoms with Crippen LogP contribution in [0.15, 0.2) is 11.5 Å². The van der Waals surface area contributed by atoms with E-state index in [0.717, 1.165) is 16.8 Å². The van der Waals surface area contributed by atoms with E-state index in [4.69, 9.17) is 5.84 Å². The second-order valence-corrected chi connectivity index (χ2v) is 3.76. The Hall–Kier alpha value is -0.710. The zero-order valence-corrected chi connectivity index (χ0v) is 6.92. The Bertz CT molecular complexity index is 242. The highest BCUT2D eigenvalue weighted by molar-refractivity contribution is 7.99. The van der Waals surface area contributed by atoms with Crippen LogP contribution in [0.3, 0.4) is 0 Å². The highest BCUT2D eigenvalue weighted by atomic mass is 32.2. The second-order valence-electron chi connectivity index (χ2n) is 2.78. The monoisotopic (exact) mass is 170 g/mol. The molecule has 2 rings (SSSR count). The van der Waals surface area contributed by atoms with Gasteiger partial charge in [0.1, 0.15) is 6.33 Å². The first-order chi connectivity index (χ1) is 5.36. The van der Waals surface area contributed by atoms with Crippen LogP contribution in [-0.4, -0.2) is 20.6 Å². The fraction of sp³-hybridized carbons (Fsp3) is 0.667. The van der Waals surface area contributed by atoms with Gasteiger partial charge in [-0.05, 0) is 18.8 Å². The van der Waals surface area contributed by atoms with Crippen LogP contribution in [0.5, 0.6) is 0 Å². The second kappa shape index (κ2) is 2.73. The quantitative estimate of drug-likeness (QED) is 0.530. The molecule has 0 amide bonds. The lowest BCUT2D eigenvalue weighted by atomic mass is 10.5. The van der Waals surface area contributed by atoms with Gasteiger partial charge in [-0.15, -0.1) is 10.2 Å². The number of thioether (sulfide) groups is 1. The molecule has 1 heterocycles. The van der Waals surface area contributed by atoms with Crippen molar-refractivity contribution >= 4 is 11.8 Å². The van der Waals surface area contributed by atoms with Crippen molar-refractivity contribution in [1.82, 2.24) is 14.9 Å². The molecule has 1 aromatic rings. The largest absolute Gasteiger partial charge is 0.336 e. The summed E-state index contributed by atoms with van der Waals surface area (Å²) in [6.07, 6.45) is 4.26. The van der Waals surface area contributed by atoms with Crippen LogP contribution in [0.4, 0.5) is 0 Å². The Morgan fingerprint density at radius 3 is 3.09 bits per heavy atom. The SMILES string of the molecule is Nn1cnnc1SCC1CC1. The molecule has 4 nitrogen and oxygen atoms in total. The summed E-state index contributed by atoms with van der Waals surface area (Å²) in [6.45, 7) is 0. The minimum atomic E-state index is 0.817. The first kappa shape index (κ1) is 6.97. The van der Waals surface area contributed by atoms with E-state index in [0.29, 0.717) is 0 Å². The van der Waals surface area contributed by atoms with Gasteiger partial charge in [0.2, 0.25) is 5.16 Å². The average molecular weight is 170 g/mol. The lowest BCUT2D eigenvalue weighted by molar-refractivity contribution is 0.841. The average Bonchev–Trinajstić information content (AvgIpc) is 2.73. The number of aromatic nitrogens is 3. The van der Waals surface area contributed by atoms with Gasteiger partial charge in [0.15, 0.2) is 0 Å². The van der Waals surface area contributed by atoms with Gasteiger partial charge in [-0.1, -0.05) is 11.8 Å². The number of rotatable bonds is 3. The van der Waals surface area contributed by atoms with Crippen LogP contribution < -0.4 is 5.84 Å². The molecule has 5 heteroatoms. The smallest absolute Gasteiger partial charge is 0.209 e. The third kappa shape index (κ3) is 1.65. The van der Waals surface area contributed by atoms with Gasteiger partial charge in [0.25, 0.3) is 0 Å². The molecule has 0 saturated heterocycles. The van der Waals surface area contributed by atoms with E-state index in [1.807, 2.05) is 0 Å². The zero-order valence-electron chi connectivity index (χ0n) is 6.10. The minimum absolute atomic E-state index is 0.817. The molecule has 0 atom stereocenters. The molecule has 1 aromatic heterocycles. The lowest BCUT2D eigenvalue weighted by Gasteiger charge is -1.96. The van der Waals surface area contributed by atoms with Crippen LogP contribution in [0.2, 0.25) is 0 Å². The fourth-order valence-electron chi connectivity index (χ4n) is 0.812. The van der Waals surface area contributed by atoms with Crippen molar-refractivity contribution in [3.8, 4) is 0 Å². The van der Waals surface area contributed by atoms with Gasteiger partial charge in [-0.2, -0.15) is 0 Å². The summed E-state index contributed by atoms with van der Waals surface area (Å²) in [5, 5.41) is 8.37. The Kier molecular flexibility index (Phi) is 1.73. The Labute approximate surface area is 69.1 Å². The van der Waals surface area contributed by atoms with E-state index >= 15 is 0 Å². The summed E-state index contributed by atoms with van der Waals surface area (Å²) in [6, 6.07) is 0. The predicted molar refractivity (Wildman–Crippen MR) is 43.6 cm³/mol. The maximum absolute atomic E-state index is 5.52. The molecule has 60 valence electrons. The van der Waals surface area contributed by atoms with Crippen LogP contribution in [-0.2, 0) is 0 Å². The van der Waals surface area contributed by atoms with Crippen molar-refractivity contribution < 1.29 is 0 Å². The molecule has 1 aliphatic carbocycles. The topological polar surface area (TPSA) is 56.7 Å². The van der Waals surface area contributed by atoms with E-state index < -0.39 is 0 Å². The van der Waals surface area contributed by atoms with E-state index in [-0.39, 0.29) is 0 Å². The van der Waals surface area contributed by atoms with Gasteiger partial charge in [0.05, 0.1) is 0 Å². The highest BCUT2D eigenvalue weighted by Gasteiger charge is 2.21. The zero-order chi connectivity index (χ0) is 7.68. The molecule has 0 aliphatic heterocycles. The van der Waals surface area contributed by atoms with Crippen LogP contribution in [0.25, 0.3) is 0 Å². The predicted octanol–water partition coefficient (Wildman–Crippen LogP) is 0.494. The number of hydrogen-bond acceptors (Lipinski definition) is 4. The first-order valence-electron chi connectivity index (χ1n) is 3.64. The Morgan fingerprint density at radius 1 is 1.73 bits per heavy atom. The molecule has 0 spiro atoms. The molecular formula is C6H10N4S. The summed E-state index contributed by atoms with van der Waals surface area (Å²) in [5.41, 5.74) is 0. The number of nitrogens with two attached hydrogens (primary N) is 1. The Balaban J connectivity index is 1.89. The van der Waals surface area contributed by atoms with Crippen LogP contribution in [0.1, 0.15) is 12.8 Å². The minimum Gasteiger partial charge on any atom is -0.336 e. The maximum atomic E-state index is 5.52. The highest BCUT2D eigenvalue weighted by Crippen LogP contribution is 2.33. The number of nitrogens with zero attached hydrogens (tertiary/aromatic N) is 3. The van der Waals surface area contributed by atoms with Crippen molar-refractivity contribution in [2.45, 2.75) is 18.0 Å². The number of nitrogen functional groups attached to an aromatic ring is 1. The molecule has 0 radical (unpaired) electrons. The fourth-order valence-corrected chi connectivity index (χ4v) is 1.83. The molecule has 0 bridgehead atoms. The normalized spacial score (nSPS) is 17.1. The van der Waals surface area contributed by atoms with E-state index in [1.54, 1.807) is 11.8 Å². The van der Waals surface area contributed by atoms with Crippen LogP contribution >= 0.6 is 11.8 Å². The van der Waals surface area contributed by atoms with Crippen molar-refractivity contribution in [2.24, 2.45) is 5.92 Å².